The molecule has 2 aliphatic rings. The summed E-state index contributed by atoms with van der Waals surface area (Å²) < 4.78 is 6.01. The van der Waals surface area contributed by atoms with Crippen LogP contribution in [-0.4, -0.2) is 73.4 Å². The van der Waals surface area contributed by atoms with Gasteiger partial charge in [0.15, 0.2) is 0 Å². The molecule has 0 aromatic heterocycles. The van der Waals surface area contributed by atoms with Crippen LogP contribution in [0.3, 0.4) is 0 Å². The number of nitrogens with one attached hydrogen (secondary N) is 1. The number of ether oxygens (including phenoxy) is 1. The van der Waals surface area contributed by atoms with Crippen LogP contribution in [0.4, 0.5) is 5.69 Å². The summed E-state index contributed by atoms with van der Waals surface area (Å²) >= 11 is 1.44. The largest absolute Gasteiger partial charge is 0.376 e. The van der Waals surface area contributed by atoms with Crippen molar-refractivity contribution in [2.45, 2.75) is 30.3 Å². The average molecular weight is 389 g/mol. The molecule has 1 amide bonds. The van der Waals surface area contributed by atoms with Crippen LogP contribution >= 0.6 is 11.8 Å². The highest BCUT2D eigenvalue weighted by Crippen LogP contribution is 2.26. The van der Waals surface area contributed by atoms with Crippen molar-refractivity contribution in [1.29, 1.82) is 5.26 Å². The van der Waals surface area contributed by atoms with Crippen molar-refractivity contribution >= 4 is 23.4 Å². The number of anilines is 1. The molecule has 0 spiro atoms. The van der Waals surface area contributed by atoms with E-state index in [0.717, 1.165) is 43.2 Å². The minimum Gasteiger partial charge on any atom is -0.376 e. The van der Waals surface area contributed by atoms with Crippen LogP contribution in [0.2, 0.25) is 0 Å². The van der Waals surface area contributed by atoms with Gasteiger partial charge in [-0.2, -0.15) is 5.26 Å². The first-order valence-corrected chi connectivity index (χ1v) is 10.7. The Morgan fingerprint density at radius 3 is 2.89 bits per heavy atom. The van der Waals surface area contributed by atoms with E-state index in [2.05, 4.69) is 21.2 Å². The van der Waals surface area contributed by atoms with E-state index in [0.29, 0.717) is 12.3 Å². The molecule has 1 aromatic rings. The zero-order valence-electron chi connectivity index (χ0n) is 15.7. The Labute approximate surface area is 165 Å². The average Bonchev–Trinajstić information content (AvgIpc) is 3.33. The number of benzene rings is 1. The molecule has 7 heteroatoms. The van der Waals surface area contributed by atoms with Gasteiger partial charge in [-0.3, -0.25) is 9.69 Å². The van der Waals surface area contributed by atoms with Crippen molar-refractivity contribution in [2.75, 3.05) is 56.9 Å². The smallest absolute Gasteiger partial charge is 0.238 e. The fraction of sp³-hybridized carbons (Fsp3) is 0.600. The highest BCUT2D eigenvalue weighted by atomic mass is 32.2. The summed E-state index contributed by atoms with van der Waals surface area (Å²) in [6.07, 6.45) is 3.84. The summed E-state index contributed by atoms with van der Waals surface area (Å²) in [6.45, 7) is 6.30. The molecule has 2 aliphatic heterocycles. The summed E-state index contributed by atoms with van der Waals surface area (Å²) in [5.74, 6) is 0.354. The molecule has 2 fully saturated rings. The maximum Gasteiger partial charge on any atom is 0.238 e. The molecule has 146 valence electrons. The molecule has 0 bridgehead atoms. The van der Waals surface area contributed by atoms with Crippen LogP contribution in [0.5, 0.6) is 0 Å². The molecule has 1 atom stereocenters. The number of nitriles is 1. The van der Waals surface area contributed by atoms with Gasteiger partial charge in [-0.25, -0.2) is 0 Å². The van der Waals surface area contributed by atoms with Gasteiger partial charge in [-0.15, -0.1) is 11.8 Å². The number of thioether (sulfide) groups is 1. The van der Waals surface area contributed by atoms with Crippen molar-refractivity contribution in [2.24, 2.45) is 0 Å². The Kier molecular flexibility index (Phi) is 7.96. The van der Waals surface area contributed by atoms with Crippen LogP contribution in [-0.2, 0) is 9.53 Å². The van der Waals surface area contributed by atoms with E-state index in [9.17, 15) is 4.79 Å². The van der Waals surface area contributed by atoms with E-state index in [1.54, 1.807) is 0 Å². The van der Waals surface area contributed by atoms with Gasteiger partial charge in [-0.05, 0) is 44.5 Å². The van der Waals surface area contributed by atoms with Crippen LogP contribution in [0.15, 0.2) is 29.2 Å². The second kappa shape index (κ2) is 10.7. The van der Waals surface area contributed by atoms with E-state index >= 15 is 0 Å². The first-order chi connectivity index (χ1) is 13.2. The lowest BCUT2D eigenvalue weighted by molar-refractivity contribution is -0.117. The molecule has 0 saturated carbocycles. The number of rotatable bonds is 9. The lowest BCUT2D eigenvalue weighted by Gasteiger charge is -2.18. The fourth-order valence-corrected chi connectivity index (χ4v) is 4.30. The van der Waals surface area contributed by atoms with Crippen LogP contribution < -0.4 is 5.32 Å². The van der Waals surface area contributed by atoms with Crippen molar-refractivity contribution in [3.8, 4) is 6.07 Å². The number of hydrogen-bond donors (Lipinski definition) is 1. The maximum absolute atomic E-state index is 12.4. The van der Waals surface area contributed by atoms with Crippen LogP contribution in [0.25, 0.3) is 0 Å². The van der Waals surface area contributed by atoms with Gasteiger partial charge in [0.25, 0.3) is 0 Å². The predicted octanol–water partition coefficient (Wildman–Crippen LogP) is 2.43. The van der Waals surface area contributed by atoms with E-state index in [-0.39, 0.29) is 12.0 Å². The Morgan fingerprint density at radius 1 is 1.26 bits per heavy atom. The highest BCUT2D eigenvalue weighted by molar-refractivity contribution is 7.99. The fourth-order valence-electron chi connectivity index (χ4n) is 3.63. The van der Waals surface area contributed by atoms with Gasteiger partial charge in [0.2, 0.25) is 5.91 Å². The van der Waals surface area contributed by atoms with E-state index in [4.69, 9.17) is 10.00 Å². The topological polar surface area (TPSA) is 68.6 Å². The molecule has 0 unspecified atom stereocenters. The van der Waals surface area contributed by atoms with Crippen molar-refractivity contribution in [3.05, 3.63) is 24.3 Å². The van der Waals surface area contributed by atoms with Gasteiger partial charge in [0.1, 0.15) is 0 Å². The lowest BCUT2D eigenvalue weighted by atomic mass is 10.3. The molecule has 1 aromatic carbocycles. The molecule has 27 heavy (non-hydrogen) atoms. The summed E-state index contributed by atoms with van der Waals surface area (Å²) in [6, 6.07) is 9.74. The molecule has 0 radical (unpaired) electrons. The van der Waals surface area contributed by atoms with E-state index < -0.39 is 0 Å². The van der Waals surface area contributed by atoms with Gasteiger partial charge in [0, 0.05) is 24.5 Å². The molecule has 2 saturated heterocycles. The number of amides is 1. The third kappa shape index (κ3) is 6.51. The van der Waals surface area contributed by atoms with Crippen molar-refractivity contribution < 1.29 is 9.53 Å². The maximum atomic E-state index is 12.4. The number of likely N-dealkylation sites (tertiary alicyclic amines) is 2. The predicted molar refractivity (Wildman–Crippen MR) is 108 cm³/mol. The molecular formula is C20H28N4O2S. The summed E-state index contributed by atoms with van der Waals surface area (Å²) in [5.41, 5.74) is 0.778. The lowest BCUT2D eigenvalue weighted by Crippen LogP contribution is -2.33. The molecule has 2 heterocycles. The second-order valence-electron chi connectivity index (χ2n) is 7.06. The molecule has 6 nitrogen and oxygen atoms in total. The normalized spacial score (nSPS) is 20.6. The Balaban J connectivity index is 1.38. The minimum absolute atomic E-state index is 0.0160. The first kappa shape index (κ1) is 20.2. The molecule has 1 N–H and O–H groups in total. The summed E-state index contributed by atoms with van der Waals surface area (Å²) in [5, 5.41) is 11.7. The van der Waals surface area contributed by atoms with Gasteiger partial charge in [-0.1, -0.05) is 12.1 Å². The molecule has 3 rings (SSSR count). The third-order valence-corrected chi connectivity index (χ3v) is 5.95. The summed E-state index contributed by atoms with van der Waals surface area (Å²) in [4.78, 5) is 18.0. The van der Waals surface area contributed by atoms with Crippen molar-refractivity contribution in [1.82, 2.24) is 9.80 Å². The quantitative estimate of drug-likeness (QED) is 0.656. The first-order valence-electron chi connectivity index (χ1n) is 9.69. The minimum atomic E-state index is -0.0160. The van der Waals surface area contributed by atoms with Gasteiger partial charge in [0.05, 0.1) is 36.8 Å². The monoisotopic (exact) mass is 388 g/mol. The zero-order chi connectivity index (χ0) is 18.9. The molecule has 0 aliphatic carbocycles. The Hall–Kier alpha value is -1.59. The Morgan fingerprint density at radius 2 is 2.07 bits per heavy atom. The number of carbonyl (C=O) groups is 1. The third-order valence-electron chi connectivity index (χ3n) is 5.01. The number of carbonyl (C=O) groups excluding carboxylic acids is 1. The van der Waals surface area contributed by atoms with Gasteiger partial charge < -0.3 is 15.0 Å². The summed E-state index contributed by atoms with van der Waals surface area (Å²) in [7, 11) is 0. The van der Waals surface area contributed by atoms with Crippen LogP contribution in [0.1, 0.15) is 19.3 Å². The standard InChI is InChI=1S/C20H28N4O2S/c21-8-14-27-19-6-2-1-5-18(19)22-20(25)16-24-11-7-17(15-24)26-13-12-23-9-3-4-10-23/h1-2,5-6,17H,3-4,7,9-16H2,(H,22,25)/t17-/m0/s1. The van der Waals surface area contributed by atoms with Gasteiger partial charge >= 0.3 is 0 Å². The SMILES string of the molecule is N#CCSc1ccccc1NC(=O)CN1CC[C@H](OCCN2CCCC2)C1. The second-order valence-corrected chi connectivity index (χ2v) is 8.07. The Bertz CT molecular complexity index is 658. The van der Waals surface area contributed by atoms with Crippen LogP contribution in [0, 0.1) is 11.3 Å². The number of hydrogen-bond acceptors (Lipinski definition) is 6. The zero-order valence-corrected chi connectivity index (χ0v) is 16.5. The van der Waals surface area contributed by atoms with E-state index in [1.165, 1.54) is 37.7 Å². The molecular weight excluding hydrogens is 360 g/mol. The van der Waals surface area contributed by atoms with E-state index in [1.807, 2.05) is 24.3 Å². The number of para-hydroxylation sites is 1. The highest BCUT2D eigenvalue weighted by Gasteiger charge is 2.25. The van der Waals surface area contributed by atoms with Crippen molar-refractivity contribution in [3.63, 3.8) is 0 Å². The number of nitrogens with zero attached hydrogens (tertiary/aromatic N) is 3.